The number of hydrogen-bond acceptors (Lipinski definition) is 4. The van der Waals surface area contributed by atoms with Crippen LogP contribution >= 0.6 is 0 Å². The second kappa shape index (κ2) is 3.94. The summed E-state index contributed by atoms with van der Waals surface area (Å²) in [5.74, 6) is 1.25. The van der Waals surface area contributed by atoms with E-state index in [4.69, 9.17) is 5.73 Å². The topological polar surface area (TPSA) is 62.4 Å². The minimum absolute atomic E-state index is 0.137. The molecule has 1 aliphatic rings. The molecule has 0 aliphatic carbocycles. The van der Waals surface area contributed by atoms with Crippen LogP contribution in [0.2, 0.25) is 0 Å². The predicted molar refractivity (Wildman–Crippen MR) is 65.2 cm³/mol. The van der Waals surface area contributed by atoms with Gasteiger partial charge in [-0.1, -0.05) is 13.8 Å². The summed E-state index contributed by atoms with van der Waals surface area (Å²) in [6, 6.07) is 3.80. The van der Waals surface area contributed by atoms with Gasteiger partial charge in [0, 0.05) is 25.6 Å². The van der Waals surface area contributed by atoms with Gasteiger partial charge in [0.05, 0.1) is 11.9 Å². The highest BCUT2D eigenvalue weighted by molar-refractivity contribution is 5.46. The van der Waals surface area contributed by atoms with Gasteiger partial charge in [-0.15, -0.1) is 0 Å². The van der Waals surface area contributed by atoms with Gasteiger partial charge in [-0.05, 0) is 17.5 Å². The first kappa shape index (κ1) is 11.2. The first-order valence-electron chi connectivity index (χ1n) is 5.60. The minimum Gasteiger partial charge on any atom is -0.397 e. The average molecular weight is 221 g/mol. The predicted octanol–water partition coefficient (Wildman–Crippen LogP) is 1.12. The zero-order valence-corrected chi connectivity index (χ0v) is 9.85. The molecule has 0 saturated carbocycles. The van der Waals surface area contributed by atoms with Gasteiger partial charge in [0.25, 0.3) is 0 Å². The molecule has 0 bridgehead atoms. The van der Waals surface area contributed by atoms with Gasteiger partial charge < -0.3 is 15.7 Å². The van der Waals surface area contributed by atoms with Crippen molar-refractivity contribution in [3.8, 4) is 0 Å². The first-order valence-corrected chi connectivity index (χ1v) is 5.60. The van der Waals surface area contributed by atoms with Gasteiger partial charge in [0.2, 0.25) is 0 Å². The van der Waals surface area contributed by atoms with Crippen molar-refractivity contribution in [1.82, 2.24) is 4.98 Å². The van der Waals surface area contributed by atoms with E-state index in [9.17, 15) is 5.11 Å². The first-order chi connectivity index (χ1) is 7.53. The number of nitrogens with zero attached hydrogens (tertiary/aromatic N) is 2. The highest BCUT2D eigenvalue weighted by Gasteiger charge is 2.39. The summed E-state index contributed by atoms with van der Waals surface area (Å²) in [6.07, 6.45) is 1.68. The molecule has 1 aliphatic heterocycles. The third-order valence-electron chi connectivity index (χ3n) is 3.46. The molecular formula is C12H19N3O. The van der Waals surface area contributed by atoms with Crippen molar-refractivity contribution < 1.29 is 5.11 Å². The third kappa shape index (κ3) is 1.97. The Hall–Kier alpha value is -1.29. The maximum absolute atomic E-state index is 9.34. The Morgan fingerprint density at radius 1 is 1.56 bits per heavy atom. The molecule has 1 fully saturated rings. The van der Waals surface area contributed by atoms with Crippen molar-refractivity contribution in [3.63, 3.8) is 0 Å². The molecule has 0 radical (unpaired) electrons. The quantitative estimate of drug-likeness (QED) is 0.785. The Kier molecular flexibility index (Phi) is 2.76. The number of nitrogens with two attached hydrogens (primary N) is 1. The van der Waals surface area contributed by atoms with Crippen LogP contribution in [-0.4, -0.2) is 29.8 Å². The maximum atomic E-state index is 9.34. The van der Waals surface area contributed by atoms with Gasteiger partial charge in [-0.2, -0.15) is 0 Å². The molecule has 4 heteroatoms. The molecule has 1 saturated heterocycles. The van der Waals surface area contributed by atoms with E-state index in [1.54, 1.807) is 6.20 Å². The van der Waals surface area contributed by atoms with Crippen LogP contribution in [0, 0.1) is 11.3 Å². The molecule has 3 N–H and O–H groups in total. The molecule has 0 aromatic carbocycles. The second-order valence-electron chi connectivity index (χ2n) is 5.20. The zero-order chi connectivity index (χ0) is 11.8. The Morgan fingerprint density at radius 3 is 2.81 bits per heavy atom. The van der Waals surface area contributed by atoms with Crippen LogP contribution in [0.15, 0.2) is 18.3 Å². The molecule has 1 aromatic heterocycles. The summed E-state index contributed by atoms with van der Waals surface area (Å²) in [7, 11) is 0. The maximum Gasteiger partial charge on any atom is 0.128 e. The van der Waals surface area contributed by atoms with Crippen LogP contribution in [0.4, 0.5) is 11.5 Å². The molecule has 4 nitrogen and oxygen atoms in total. The number of nitrogen functional groups attached to an aromatic ring is 1. The van der Waals surface area contributed by atoms with E-state index in [1.807, 2.05) is 12.1 Å². The van der Waals surface area contributed by atoms with Crippen LogP contribution in [0.3, 0.4) is 0 Å². The summed E-state index contributed by atoms with van der Waals surface area (Å²) < 4.78 is 0. The molecule has 1 aromatic rings. The number of aliphatic hydroxyl groups excluding tert-OH is 1. The third-order valence-corrected chi connectivity index (χ3v) is 3.46. The lowest BCUT2D eigenvalue weighted by Crippen LogP contribution is -2.25. The van der Waals surface area contributed by atoms with Crippen molar-refractivity contribution in [3.05, 3.63) is 18.3 Å². The van der Waals surface area contributed by atoms with Crippen LogP contribution < -0.4 is 10.6 Å². The van der Waals surface area contributed by atoms with E-state index in [-0.39, 0.29) is 12.0 Å². The highest BCUT2D eigenvalue weighted by Crippen LogP contribution is 2.36. The standard InChI is InChI=1S/C12H19N3O/c1-12(2)8-15(6-9(12)7-16)11-4-3-10(13)5-14-11/h3-5,9,16H,6-8,13H2,1-2H3/t9-/m0/s1. The van der Waals surface area contributed by atoms with Crippen LogP contribution in [0.25, 0.3) is 0 Å². The Balaban J connectivity index is 2.16. The van der Waals surface area contributed by atoms with Crippen molar-refractivity contribution in [1.29, 1.82) is 0 Å². The zero-order valence-electron chi connectivity index (χ0n) is 9.85. The van der Waals surface area contributed by atoms with Crippen LogP contribution in [-0.2, 0) is 0 Å². The van der Waals surface area contributed by atoms with Crippen molar-refractivity contribution >= 4 is 11.5 Å². The lowest BCUT2D eigenvalue weighted by molar-refractivity contribution is 0.161. The summed E-state index contributed by atoms with van der Waals surface area (Å²) in [5, 5.41) is 9.34. The minimum atomic E-state index is 0.137. The molecule has 0 spiro atoms. The monoisotopic (exact) mass is 221 g/mol. The van der Waals surface area contributed by atoms with Crippen LogP contribution in [0.1, 0.15) is 13.8 Å². The van der Waals surface area contributed by atoms with Gasteiger partial charge >= 0.3 is 0 Å². The average Bonchev–Trinajstić information content (AvgIpc) is 2.54. The van der Waals surface area contributed by atoms with Gasteiger partial charge in [0.15, 0.2) is 0 Å². The fourth-order valence-corrected chi connectivity index (χ4v) is 2.26. The van der Waals surface area contributed by atoms with E-state index in [2.05, 4.69) is 23.7 Å². The van der Waals surface area contributed by atoms with E-state index < -0.39 is 0 Å². The summed E-state index contributed by atoms with van der Waals surface area (Å²) in [6.45, 7) is 6.39. The van der Waals surface area contributed by atoms with Crippen molar-refractivity contribution in [2.75, 3.05) is 30.3 Å². The van der Waals surface area contributed by atoms with Crippen LogP contribution in [0.5, 0.6) is 0 Å². The molecule has 0 unspecified atom stereocenters. The number of anilines is 2. The van der Waals surface area contributed by atoms with E-state index in [0.29, 0.717) is 11.6 Å². The van der Waals surface area contributed by atoms with Crippen molar-refractivity contribution in [2.45, 2.75) is 13.8 Å². The van der Waals surface area contributed by atoms with Gasteiger partial charge in [-0.25, -0.2) is 4.98 Å². The Morgan fingerprint density at radius 2 is 2.31 bits per heavy atom. The lowest BCUT2D eigenvalue weighted by Gasteiger charge is -2.23. The molecule has 88 valence electrons. The molecule has 2 rings (SSSR count). The fraction of sp³-hybridized carbons (Fsp3) is 0.583. The Labute approximate surface area is 96.1 Å². The SMILES string of the molecule is CC1(C)CN(c2ccc(N)cn2)C[C@H]1CO. The van der Waals surface area contributed by atoms with Gasteiger partial charge in [0.1, 0.15) is 5.82 Å². The Bertz CT molecular complexity index is 361. The fourth-order valence-electron chi connectivity index (χ4n) is 2.26. The van der Waals surface area contributed by atoms with E-state index >= 15 is 0 Å². The lowest BCUT2D eigenvalue weighted by atomic mass is 9.83. The smallest absolute Gasteiger partial charge is 0.128 e. The molecular weight excluding hydrogens is 202 g/mol. The highest BCUT2D eigenvalue weighted by atomic mass is 16.3. The summed E-state index contributed by atoms with van der Waals surface area (Å²) >= 11 is 0. The number of aliphatic hydroxyl groups is 1. The molecule has 0 amide bonds. The number of pyridine rings is 1. The summed E-state index contributed by atoms with van der Waals surface area (Å²) in [4.78, 5) is 6.52. The second-order valence-corrected chi connectivity index (χ2v) is 5.20. The van der Waals surface area contributed by atoms with Crippen molar-refractivity contribution in [2.24, 2.45) is 11.3 Å². The van der Waals surface area contributed by atoms with E-state index in [1.165, 1.54) is 0 Å². The normalized spacial score (nSPS) is 23.7. The number of rotatable bonds is 2. The summed E-state index contributed by atoms with van der Waals surface area (Å²) in [5.41, 5.74) is 6.43. The van der Waals surface area contributed by atoms with E-state index in [0.717, 1.165) is 18.9 Å². The number of hydrogen-bond donors (Lipinski definition) is 2. The molecule has 2 heterocycles. The molecule has 16 heavy (non-hydrogen) atoms. The number of aromatic nitrogens is 1. The van der Waals surface area contributed by atoms with Gasteiger partial charge in [-0.3, -0.25) is 0 Å². The molecule has 1 atom stereocenters. The largest absolute Gasteiger partial charge is 0.397 e.